The van der Waals surface area contributed by atoms with Gasteiger partial charge in [0.25, 0.3) is 0 Å². The Balaban J connectivity index is 2.23. The minimum atomic E-state index is 0.0955. The fourth-order valence-corrected chi connectivity index (χ4v) is 3.61. The first-order chi connectivity index (χ1) is 9.13. The molecule has 2 unspecified atom stereocenters. The number of nitrogens with zero attached hydrogens (tertiary/aromatic N) is 1. The fraction of sp³-hybridized carbons (Fsp3) is 0.625. The van der Waals surface area contributed by atoms with E-state index in [1.54, 1.807) is 0 Å². The second kappa shape index (κ2) is 6.76. The Morgan fingerprint density at radius 2 is 2.21 bits per heavy atom. The Hall–Kier alpha value is -0.540. The third-order valence-corrected chi connectivity index (χ3v) is 4.69. The Bertz CT molecular complexity index is 415. The zero-order valence-electron chi connectivity index (χ0n) is 12.0. The van der Waals surface area contributed by atoms with Gasteiger partial charge in [0.05, 0.1) is 5.69 Å². The summed E-state index contributed by atoms with van der Waals surface area (Å²) >= 11 is 3.73. The zero-order chi connectivity index (χ0) is 13.8. The maximum absolute atomic E-state index is 5.95. The van der Waals surface area contributed by atoms with Gasteiger partial charge in [-0.15, -0.1) is 0 Å². The van der Waals surface area contributed by atoms with Crippen molar-refractivity contribution in [3.8, 4) is 0 Å². The SMILES string of the molecule is CCCC1CCCCN1c1ccc(C(C)N)cc1Br. The van der Waals surface area contributed by atoms with E-state index in [2.05, 4.69) is 46.0 Å². The number of hydrogen-bond donors (Lipinski definition) is 1. The first-order valence-corrected chi connectivity index (χ1v) is 8.24. The van der Waals surface area contributed by atoms with E-state index in [0.717, 1.165) is 0 Å². The molecule has 1 aromatic rings. The monoisotopic (exact) mass is 324 g/mol. The van der Waals surface area contributed by atoms with E-state index in [0.29, 0.717) is 6.04 Å². The van der Waals surface area contributed by atoms with Crippen molar-refractivity contribution in [2.24, 2.45) is 5.73 Å². The van der Waals surface area contributed by atoms with Gasteiger partial charge in [0.1, 0.15) is 0 Å². The number of nitrogens with two attached hydrogens (primary N) is 1. The van der Waals surface area contributed by atoms with Gasteiger partial charge in [-0.2, -0.15) is 0 Å². The smallest absolute Gasteiger partial charge is 0.0513 e. The standard InChI is InChI=1S/C16H25BrN2/c1-3-6-14-7-4-5-10-19(14)16-9-8-13(12(2)18)11-15(16)17/h8-9,11-12,14H,3-7,10,18H2,1-2H3. The summed E-state index contributed by atoms with van der Waals surface area (Å²) in [6.45, 7) is 5.49. The molecule has 1 aliphatic heterocycles. The molecule has 2 N–H and O–H groups in total. The Morgan fingerprint density at radius 1 is 1.42 bits per heavy atom. The molecule has 1 aromatic carbocycles. The lowest BCUT2D eigenvalue weighted by atomic mass is 9.97. The quantitative estimate of drug-likeness (QED) is 0.875. The molecule has 2 nitrogen and oxygen atoms in total. The summed E-state index contributed by atoms with van der Waals surface area (Å²) in [5.41, 5.74) is 8.48. The molecule has 0 amide bonds. The van der Waals surface area contributed by atoms with Crippen LogP contribution >= 0.6 is 15.9 Å². The van der Waals surface area contributed by atoms with Crippen LogP contribution in [0.15, 0.2) is 22.7 Å². The van der Waals surface area contributed by atoms with Crippen molar-refractivity contribution in [3.05, 3.63) is 28.2 Å². The highest BCUT2D eigenvalue weighted by atomic mass is 79.9. The molecule has 0 aliphatic carbocycles. The van der Waals surface area contributed by atoms with E-state index >= 15 is 0 Å². The maximum Gasteiger partial charge on any atom is 0.0513 e. The number of benzene rings is 1. The average Bonchev–Trinajstić information content (AvgIpc) is 2.40. The van der Waals surface area contributed by atoms with Gasteiger partial charge in [-0.3, -0.25) is 0 Å². The predicted octanol–water partition coefficient (Wildman–Crippen LogP) is 4.63. The molecule has 0 spiro atoms. The molecule has 0 saturated carbocycles. The van der Waals surface area contributed by atoms with Crippen LogP contribution in [0, 0.1) is 0 Å². The van der Waals surface area contributed by atoms with Crippen molar-refractivity contribution in [1.82, 2.24) is 0 Å². The van der Waals surface area contributed by atoms with Crippen LogP contribution in [0.2, 0.25) is 0 Å². The van der Waals surface area contributed by atoms with Gasteiger partial charge in [0.2, 0.25) is 0 Å². The van der Waals surface area contributed by atoms with Crippen molar-refractivity contribution in [2.45, 2.75) is 58.0 Å². The van der Waals surface area contributed by atoms with E-state index in [9.17, 15) is 0 Å². The van der Waals surface area contributed by atoms with Crippen molar-refractivity contribution in [1.29, 1.82) is 0 Å². The molecule has 3 heteroatoms. The summed E-state index contributed by atoms with van der Waals surface area (Å²) in [6.07, 6.45) is 6.56. The highest BCUT2D eigenvalue weighted by molar-refractivity contribution is 9.10. The molecule has 106 valence electrons. The van der Waals surface area contributed by atoms with E-state index in [1.165, 1.54) is 54.4 Å². The van der Waals surface area contributed by atoms with Gasteiger partial charge in [-0.1, -0.05) is 19.4 Å². The normalized spacial score (nSPS) is 21.5. The van der Waals surface area contributed by atoms with Crippen LogP contribution in [0.1, 0.15) is 57.6 Å². The van der Waals surface area contributed by atoms with Crippen molar-refractivity contribution in [2.75, 3.05) is 11.4 Å². The van der Waals surface area contributed by atoms with E-state index in [4.69, 9.17) is 5.73 Å². The molecule has 2 rings (SSSR count). The van der Waals surface area contributed by atoms with Crippen LogP contribution in [0.4, 0.5) is 5.69 Å². The summed E-state index contributed by atoms with van der Waals surface area (Å²) in [5.74, 6) is 0. The van der Waals surface area contributed by atoms with Gasteiger partial charge in [-0.25, -0.2) is 0 Å². The second-order valence-corrected chi connectivity index (χ2v) is 6.49. The summed E-state index contributed by atoms with van der Waals surface area (Å²) < 4.78 is 1.19. The van der Waals surface area contributed by atoms with Crippen LogP contribution in [-0.4, -0.2) is 12.6 Å². The number of hydrogen-bond acceptors (Lipinski definition) is 2. The van der Waals surface area contributed by atoms with Crippen LogP contribution in [-0.2, 0) is 0 Å². The first-order valence-electron chi connectivity index (χ1n) is 7.45. The van der Waals surface area contributed by atoms with Crippen molar-refractivity contribution in [3.63, 3.8) is 0 Å². The second-order valence-electron chi connectivity index (χ2n) is 5.63. The Morgan fingerprint density at radius 3 is 2.84 bits per heavy atom. The third kappa shape index (κ3) is 3.51. The number of anilines is 1. The molecule has 2 atom stereocenters. The predicted molar refractivity (Wildman–Crippen MR) is 86.6 cm³/mol. The lowest BCUT2D eigenvalue weighted by Crippen LogP contribution is -2.39. The largest absolute Gasteiger partial charge is 0.368 e. The summed E-state index contributed by atoms with van der Waals surface area (Å²) in [6, 6.07) is 7.38. The van der Waals surface area contributed by atoms with Crippen LogP contribution in [0.3, 0.4) is 0 Å². The molecule has 0 aromatic heterocycles. The number of rotatable bonds is 4. The maximum atomic E-state index is 5.95. The third-order valence-electron chi connectivity index (χ3n) is 4.06. The van der Waals surface area contributed by atoms with Crippen LogP contribution < -0.4 is 10.6 Å². The van der Waals surface area contributed by atoms with Gasteiger partial charge in [-0.05, 0) is 66.2 Å². The minimum Gasteiger partial charge on any atom is -0.368 e. The fourth-order valence-electron chi connectivity index (χ4n) is 2.99. The van der Waals surface area contributed by atoms with E-state index in [-0.39, 0.29) is 6.04 Å². The van der Waals surface area contributed by atoms with Crippen LogP contribution in [0.5, 0.6) is 0 Å². The molecule has 1 heterocycles. The molecule has 0 radical (unpaired) electrons. The molecule has 1 aliphatic rings. The van der Waals surface area contributed by atoms with Gasteiger partial charge in [0.15, 0.2) is 0 Å². The minimum absolute atomic E-state index is 0.0955. The summed E-state index contributed by atoms with van der Waals surface area (Å²) in [5, 5.41) is 0. The summed E-state index contributed by atoms with van der Waals surface area (Å²) in [4.78, 5) is 2.59. The molecular formula is C16H25BrN2. The zero-order valence-corrected chi connectivity index (χ0v) is 13.6. The lowest BCUT2D eigenvalue weighted by molar-refractivity contribution is 0.434. The lowest BCUT2D eigenvalue weighted by Gasteiger charge is -2.38. The average molecular weight is 325 g/mol. The molecule has 0 bridgehead atoms. The number of halogens is 1. The topological polar surface area (TPSA) is 29.3 Å². The first kappa shape index (κ1) is 14.9. The number of piperidine rings is 1. The molecular weight excluding hydrogens is 300 g/mol. The molecule has 19 heavy (non-hydrogen) atoms. The molecule has 1 saturated heterocycles. The van der Waals surface area contributed by atoms with Crippen LogP contribution in [0.25, 0.3) is 0 Å². The molecule has 1 fully saturated rings. The van der Waals surface area contributed by atoms with E-state index in [1.807, 2.05) is 6.92 Å². The Labute approximate surface area is 125 Å². The van der Waals surface area contributed by atoms with Gasteiger partial charge in [0, 0.05) is 23.1 Å². The highest BCUT2D eigenvalue weighted by Crippen LogP contribution is 2.34. The van der Waals surface area contributed by atoms with Crippen molar-refractivity contribution < 1.29 is 0 Å². The van der Waals surface area contributed by atoms with Gasteiger partial charge < -0.3 is 10.6 Å². The Kier molecular flexibility index (Phi) is 5.28. The summed E-state index contributed by atoms with van der Waals surface area (Å²) in [7, 11) is 0. The van der Waals surface area contributed by atoms with Gasteiger partial charge >= 0.3 is 0 Å². The highest BCUT2D eigenvalue weighted by Gasteiger charge is 2.23. The van der Waals surface area contributed by atoms with Crippen molar-refractivity contribution >= 4 is 21.6 Å². The van der Waals surface area contributed by atoms with E-state index < -0.39 is 0 Å².